The zero-order valence-corrected chi connectivity index (χ0v) is 10.7. The highest BCUT2D eigenvalue weighted by molar-refractivity contribution is 5.62. The topological polar surface area (TPSA) is 42.2 Å². The van der Waals surface area contributed by atoms with Crippen LogP contribution in [0.4, 0.5) is 11.5 Å². The van der Waals surface area contributed by atoms with E-state index in [9.17, 15) is 0 Å². The van der Waals surface area contributed by atoms with E-state index in [-0.39, 0.29) is 0 Å². The highest BCUT2D eigenvalue weighted by atomic mass is 15.2. The first-order valence-corrected chi connectivity index (χ1v) is 6.33. The van der Waals surface area contributed by atoms with Crippen molar-refractivity contribution in [2.24, 2.45) is 5.73 Å². The summed E-state index contributed by atoms with van der Waals surface area (Å²) < 4.78 is 0. The van der Waals surface area contributed by atoms with Gasteiger partial charge in [-0.25, -0.2) is 4.98 Å². The number of pyridine rings is 1. The molecule has 0 radical (unpaired) electrons. The van der Waals surface area contributed by atoms with E-state index in [1.165, 1.54) is 5.56 Å². The van der Waals surface area contributed by atoms with Gasteiger partial charge in [0.25, 0.3) is 0 Å². The minimum Gasteiger partial charge on any atom is -0.330 e. The number of nitrogens with two attached hydrogens (primary N) is 1. The van der Waals surface area contributed by atoms with E-state index in [1.54, 1.807) is 0 Å². The molecule has 3 heteroatoms. The Morgan fingerprint density at radius 2 is 1.89 bits per heavy atom. The van der Waals surface area contributed by atoms with Gasteiger partial charge in [-0.15, -0.1) is 0 Å². The van der Waals surface area contributed by atoms with Gasteiger partial charge in [0.2, 0.25) is 0 Å². The second-order valence-corrected chi connectivity index (χ2v) is 4.10. The number of hydrogen-bond acceptors (Lipinski definition) is 3. The van der Waals surface area contributed by atoms with Crippen molar-refractivity contribution in [3.8, 4) is 0 Å². The van der Waals surface area contributed by atoms with E-state index >= 15 is 0 Å². The summed E-state index contributed by atoms with van der Waals surface area (Å²) in [6.07, 6.45) is 2.69. The summed E-state index contributed by atoms with van der Waals surface area (Å²) in [5, 5.41) is 0. The van der Waals surface area contributed by atoms with Crippen molar-refractivity contribution in [1.29, 1.82) is 0 Å². The summed E-state index contributed by atoms with van der Waals surface area (Å²) in [6, 6.07) is 14.4. The van der Waals surface area contributed by atoms with Gasteiger partial charge < -0.3 is 10.6 Å². The predicted octanol–water partition coefficient (Wildman–Crippen LogP) is 2.74. The van der Waals surface area contributed by atoms with Crippen molar-refractivity contribution in [2.45, 2.75) is 13.3 Å². The number of rotatable bonds is 5. The average molecular weight is 241 g/mol. The average Bonchev–Trinajstić information content (AvgIpc) is 2.43. The summed E-state index contributed by atoms with van der Waals surface area (Å²) >= 11 is 0. The molecule has 2 rings (SSSR count). The first kappa shape index (κ1) is 12.6. The standard InChI is InChI=1S/C15H19N3/c1-2-18(14-8-4-3-5-9-14)15-13(10-11-16)7-6-12-17-15/h3-9,12H,2,10-11,16H2,1H3. The minimum atomic E-state index is 0.644. The van der Waals surface area contributed by atoms with Gasteiger partial charge in [0.1, 0.15) is 5.82 Å². The number of aromatic nitrogens is 1. The van der Waals surface area contributed by atoms with Crippen molar-refractivity contribution in [2.75, 3.05) is 18.0 Å². The Labute approximate surface area is 108 Å². The fourth-order valence-electron chi connectivity index (χ4n) is 2.09. The normalized spacial score (nSPS) is 10.3. The van der Waals surface area contributed by atoms with Gasteiger partial charge in [0.15, 0.2) is 0 Å². The van der Waals surface area contributed by atoms with Crippen LogP contribution < -0.4 is 10.6 Å². The van der Waals surface area contributed by atoms with E-state index in [0.717, 1.165) is 24.5 Å². The molecule has 0 fully saturated rings. The number of anilines is 2. The summed E-state index contributed by atoms with van der Waals surface area (Å²) in [5.41, 5.74) is 8.03. The van der Waals surface area contributed by atoms with Crippen LogP contribution in [0.25, 0.3) is 0 Å². The van der Waals surface area contributed by atoms with Crippen LogP contribution in [0, 0.1) is 0 Å². The lowest BCUT2D eigenvalue weighted by molar-refractivity contribution is 0.919. The van der Waals surface area contributed by atoms with Crippen LogP contribution in [0.3, 0.4) is 0 Å². The summed E-state index contributed by atoms with van der Waals surface area (Å²) in [6.45, 7) is 3.66. The molecule has 0 aliphatic carbocycles. The quantitative estimate of drug-likeness (QED) is 0.875. The van der Waals surface area contributed by atoms with Gasteiger partial charge in [-0.2, -0.15) is 0 Å². The maximum absolute atomic E-state index is 5.66. The number of benzene rings is 1. The molecular weight excluding hydrogens is 222 g/mol. The molecule has 0 aliphatic heterocycles. The molecular formula is C15H19N3. The second-order valence-electron chi connectivity index (χ2n) is 4.10. The minimum absolute atomic E-state index is 0.644. The Kier molecular flexibility index (Phi) is 4.31. The third-order valence-corrected chi connectivity index (χ3v) is 2.92. The Balaban J connectivity index is 2.39. The molecule has 2 N–H and O–H groups in total. The van der Waals surface area contributed by atoms with E-state index in [2.05, 4.69) is 35.0 Å². The molecule has 0 bridgehead atoms. The predicted molar refractivity (Wildman–Crippen MR) is 76.1 cm³/mol. The highest BCUT2D eigenvalue weighted by Gasteiger charge is 2.11. The zero-order chi connectivity index (χ0) is 12.8. The van der Waals surface area contributed by atoms with Crippen LogP contribution in [-0.2, 0) is 6.42 Å². The Bertz CT molecular complexity index is 482. The molecule has 0 aliphatic rings. The molecule has 0 unspecified atom stereocenters. The smallest absolute Gasteiger partial charge is 0.136 e. The third kappa shape index (κ3) is 2.68. The van der Waals surface area contributed by atoms with Gasteiger partial charge in [-0.1, -0.05) is 24.3 Å². The van der Waals surface area contributed by atoms with Crippen LogP contribution in [0.1, 0.15) is 12.5 Å². The van der Waals surface area contributed by atoms with Crippen LogP contribution in [0.15, 0.2) is 48.7 Å². The fraction of sp³-hybridized carbons (Fsp3) is 0.267. The lowest BCUT2D eigenvalue weighted by Crippen LogP contribution is -2.19. The lowest BCUT2D eigenvalue weighted by atomic mass is 10.1. The van der Waals surface area contributed by atoms with E-state index < -0.39 is 0 Å². The SMILES string of the molecule is CCN(c1ccccc1)c1ncccc1CCN. The number of nitrogens with zero attached hydrogens (tertiary/aromatic N) is 2. The second kappa shape index (κ2) is 6.17. The van der Waals surface area contributed by atoms with Crippen LogP contribution in [0.2, 0.25) is 0 Å². The van der Waals surface area contributed by atoms with Crippen molar-refractivity contribution in [3.05, 3.63) is 54.2 Å². The lowest BCUT2D eigenvalue weighted by Gasteiger charge is -2.24. The molecule has 94 valence electrons. The van der Waals surface area contributed by atoms with Crippen molar-refractivity contribution in [3.63, 3.8) is 0 Å². The fourth-order valence-corrected chi connectivity index (χ4v) is 2.09. The summed E-state index contributed by atoms with van der Waals surface area (Å²) in [5.74, 6) is 1.01. The van der Waals surface area contributed by atoms with Gasteiger partial charge in [0, 0.05) is 18.4 Å². The largest absolute Gasteiger partial charge is 0.330 e. The van der Waals surface area contributed by atoms with E-state index in [4.69, 9.17) is 5.73 Å². The number of para-hydroxylation sites is 1. The van der Waals surface area contributed by atoms with Gasteiger partial charge >= 0.3 is 0 Å². The number of hydrogen-bond donors (Lipinski definition) is 1. The maximum atomic E-state index is 5.66. The molecule has 1 aromatic carbocycles. The van der Waals surface area contributed by atoms with Crippen molar-refractivity contribution >= 4 is 11.5 Å². The first-order valence-electron chi connectivity index (χ1n) is 6.33. The van der Waals surface area contributed by atoms with Crippen LogP contribution >= 0.6 is 0 Å². The van der Waals surface area contributed by atoms with Gasteiger partial charge in [0.05, 0.1) is 0 Å². The maximum Gasteiger partial charge on any atom is 0.136 e. The summed E-state index contributed by atoms with van der Waals surface area (Å²) in [4.78, 5) is 6.73. The van der Waals surface area contributed by atoms with Crippen molar-refractivity contribution < 1.29 is 0 Å². The molecule has 18 heavy (non-hydrogen) atoms. The molecule has 3 nitrogen and oxygen atoms in total. The van der Waals surface area contributed by atoms with E-state index in [1.807, 2.05) is 30.5 Å². The molecule has 1 aromatic heterocycles. The van der Waals surface area contributed by atoms with Crippen LogP contribution in [0.5, 0.6) is 0 Å². The molecule has 1 heterocycles. The Morgan fingerprint density at radius 3 is 2.56 bits per heavy atom. The monoisotopic (exact) mass is 241 g/mol. The zero-order valence-electron chi connectivity index (χ0n) is 10.7. The molecule has 0 spiro atoms. The summed E-state index contributed by atoms with van der Waals surface area (Å²) in [7, 11) is 0. The Hall–Kier alpha value is -1.87. The molecule has 0 amide bonds. The van der Waals surface area contributed by atoms with Gasteiger partial charge in [-0.05, 0) is 43.7 Å². The third-order valence-electron chi connectivity index (χ3n) is 2.92. The molecule has 0 saturated carbocycles. The molecule has 2 aromatic rings. The van der Waals surface area contributed by atoms with Gasteiger partial charge in [-0.3, -0.25) is 0 Å². The van der Waals surface area contributed by atoms with Crippen molar-refractivity contribution in [1.82, 2.24) is 4.98 Å². The highest BCUT2D eigenvalue weighted by Crippen LogP contribution is 2.26. The molecule has 0 atom stereocenters. The molecule has 0 saturated heterocycles. The van der Waals surface area contributed by atoms with Crippen LogP contribution in [-0.4, -0.2) is 18.1 Å². The van der Waals surface area contributed by atoms with E-state index in [0.29, 0.717) is 6.54 Å². The first-order chi connectivity index (χ1) is 8.86. The Morgan fingerprint density at radius 1 is 1.11 bits per heavy atom.